The fourth-order valence-electron chi connectivity index (χ4n) is 1.96. The number of carbonyl (C=O) groups excluding carboxylic acids is 1. The van der Waals surface area contributed by atoms with Crippen LogP contribution in [0.15, 0.2) is 24.3 Å². The van der Waals surface area contributed by atoms with Gasteiger partial charge in [-0.3, -0.25) is 4.79 Å². The molecule has 2 rings (SSSR count). The van der Waals surface area contributed by atoms with Gasteiger partial charge in [-0.25, -0.2) is 0 Å². The molecule has 1 aliphatic heterocycles. The summed E-state index contributed by atoms with van der Waals surface area (Å²) in [4.78, 5) is 11.6. The Bertz CT molecular complexity index is 376. The van der Waals surface area contributed by atoms with Gasteiger partial charge in [-0.15, -0.1) is 0 Å². The molecule has 1 aromatic carbocycles. The van der Waals surface area contributed by atoms with Gasteiger partial charge in [0.2, 0.25) is 0 Å². The monoisotopic (exact) mass is 205 g/mol. The van der Waals surface area contributed by atoms with Crippen LogP contribution in [0.4, 0.5) is 0 Å². The molecule has 0 bridgehead atoms. The molecule has 0 radical (unpaired) electrons. The summed E-state index contributed by atoms with van der Waals surface area (Å²) in [6, 6.07) is 7.82. The first kappa shape index (κ1) is 10.2. The van der Waals surface area contributed by atoms with Gasteiger partial charge in [0.1, 0.15) is 12.1 Å². The summed E-state index contributed by atoms with van der Waals surface area (Å²) < 4.78 is 5.34. The first-order valence-electron chi connectivity index (χ1n) is 5.18. The second-order valence-electron chi connectivity index (χ2n) is 3.82. The van der Waals surface area contributed by atoms with E-state index in [1.807, 2.05) is 25.1 Å². The molecule has 1 aliphatic rings. The minimum Gasteiger partial charge on any atom is -0.457 e. The fraction of sp³-hybridized carbons (Fsp3) is 0.417. The van der Waals surface area contributed by atoms with Crippen molar-refractivity contribution < 1.29 is 9.53 Å². The molecule has 1 N–H and O–H groups in total. The number of nitrogens with one attached hydrogen (secondary N) is 1. The largest absolute Gasteiger partial charge is 0.457 e. The summed E-state index contributed by atoms with van der Waals surface area (Å²) in [7, 11) is 1.78. The van der Waals surface area contributed by atoms with Gasteiger partial charge in [0.25, 0.3) is 0 Å². The molecule has 2 unspecified atom stereocenters. The number of hydrogen-bond acceptors (Lipinski definition) is 3. The Kier molecular flexibility index (Phi) is 2.73. The van der Waals surface area contributed by atoms with Crippen LogP contribution in [0, 0.1) is 0 Å². The molecule has 3 heteroatoms. The lowest BCUT2D eigenvalue weighted by atomic mass is 9.99. The number of carbonyl (C=O) groups is 1. The molecule has 1 heterocycles. The van der Waals surface area contributed by atoms with E-state index in [-0.39, 0.29) is 18.1 Å². The van der Waals surface area contributed by atoms with Crippen molar-refractivity contribution in [2.75, 3.05) is 7.05 Å². The third-order valence-corrected chi connectivity index (χ3v) is 2.84. The average Bonchev–Trinajstić information content (AvgIpc) is 2.36. The number of rotatable bonds is 1. The van der Waals surface area contributed by atoms with E-state index in [1.54, 1.807) is 7.05 Å². The molecule has 3 nitrogen and oxygen atoms in total. The molecule has 0 saturated heterocycles. The van der Waals surface area contributed by atoms with Crippen LogP contribution in [0.5, 0.6) is 0 Å². The van der Waals surface area contributed by atoms with Crippen molar-refractivity contribution in [1.29, 1.82) is 0 Å². The minimum absolute atomic E-state index is 0.146. The lowest BCUT2D eigenvalue weighted by molar-refractivity contribution is -0.150. The van der Waals surface area contributed by atoms with Crippen LogP contribution >= 0.6 is 0 Å². The van der Waals surface area contributed by atoms with Crippen molar-refractivity contribution in [3.8, 4) is 0 Å². The summed E-state index contributed by atoms with van der Waals surface area (Å²) >= 11 is 0. The number of fused-ring (bicyclic) bond motifs is 1. The standard InChI is InChI=1S/C12H15NO2/c1-8-10-6-4-3-5-9(10)7-11(13-2)12(14)15-8/h3-6,8,11,13H,7H2,1-2H3. The van der Waals surface area contributed by atoms with Crippen LogP contribution < -0.4 is 5.32 Å². The topological polar surface area (TPSA) is 38.3 Å². The SMILES string of the molecule is CNC1Cc2ccccc2C(C)OC1=O. The van der Waals surface area contributed by atoms with Crippen LogP contribution in [0.1, 0.15) is 24.2 Å². The Morgan fingerprint density at radius 2 is 2.13 bits per heavy atom. The minimum atomic E-state index is -0.226. The molecule has 2 atom stereocenters. The van der Waals surface area contributed by atoms with E-state index >= 15 is 0 Å². The Labute approximate surface area is 89.4 Å². The van der Waals surface area contributed by atoms with Crippen molar-refractivity contribution in [3.05, 3.63) is 35.4 Å². The number of ether oxygens (including phenoxy) is 1. The normalized spacial score (nSPS) is 25.3. The van der Waals surface area contributed by atoms with Crippen LogP contribution in [-0.2, 0) is 16.0 Å². The third kappa shape index (κ3) is 1.88. The average molecular weight is 205 g/mol. The van der Waals surface area contributed by atoms with E-state index in [0.29, 0.717) is 6.42 Å². The van der Waals surface area contributed by atoms with Gasteiger partial charge < -0.3 is 10.1 Å². The molecule has 0 amide bonds. The third-order valence-electron chi connectivity index (χ3n) is 2.84. The zero-order valence-corrected chi connectivity index (χ0v) is 8.99. The van der Waals surface area contributed by atoms with E-state index < -0.39 is 0 Å². The lowest BCUT2D eigenvalue weighted by Gasteiger charge is -2.13. The number of cyclic esters (lactones) is 1. The number of esters is 1. The van der Waals surface area contributed by atoms with Crippen molar-refractivity contribution >= 4 is 5.97 Å². The smallest absolute Gasteiger partial charge is 0.324 e. The molecular weight excluding hydrogens is 190 g/mol. The zero-order valence-electron chi connectivity index (χ0n) is 8.99. The summed E-state index contributed by atoms with van der Waals surface area (Å²) in [5, 5.41) is 2.98. The molecule has 0 spiro atoms. The van der Waals surface area contributed by atoms with Crippen molar-refractivity contribution in [3.63, 3.8) is 0 Å². The van der Waals surface area contributed by atoms with E-state index in [2.05, 4.69) is 11.4 Å². The Hall–Kier alpha value is -1.35. The Balaban J connectivity index is 2.38. The summed E-state index contributed by atoms with van der Waals surface area (Å²) in [6.45, 7) is 1.91. The molecule has 0 fully saturated rings. The summed E-state index contributed by atoms with van der Waals surface area (Å²) in [6.07, 6.45) is 0.558. The van der Waals surface area contributed by atoms with Gasteiger partial charge in [0.15, 0.2) is 0 Å². The van der Waals surface area contributed by atoms with Gasteiger partial charge in [-0.1, -0.05) is 24.3 Å². The number of likely N-dealkylation sites (N-methyl/N-ethyl adjacent to an activating group) is 1. The Morgan fingerprint density at radius 3 is 2.87 bits per heavy atom. The van der Waals surface area contributed by atoms with Crippen molar-refractivity contribution in [2.45, 2.75) is 25.5 Å². The second kappa shape index (κ2) is 4.03. The van der Waals surface area contributed by atoms with Crippen molar-refractivity contribution in [2.24, 2.45) is 0 Å². The highest BCUT2D eigenvalue weighted by Crippen LogP contribution is 2.26. The maximum atomic E-state index is 11.6. The predicted octanol–water partition coefficient (Wildman–Crippen LogP) is 1.43. The molecule has 80 valence electrons. The van der Waals surface area contributed by atoms with Gasteiger partial charge in [-0.05, 0) is 31.5 Å². The maximum absolute atomic E-state index is 11.6. The van der Waals surface area contributed by atoms with Crippen LogP contribution in [0.3, 0.4) is 0 Å². The van der Waals surface area contributed by atoms with E-state index in [1.165, 1.54) is 5.56 Å². The quantitative estimate of drug-likeness (QED) is 0.705. The van der Waals surface area contributed by atoms with Gasteiger partial charge in [0, 0.05) is 0 Å². The van der Waals surface area contributed by atoms with E-state index in [4.69, 9.17) is 4.74 Å². The van der Waals surface area contributed by atoms with E-state index in [0.717, 1.165) is 5.56 Å². The van der Waals surface area contributed by atoms with Gasteiger partial charge >= 0.3 is 5.97 Å². The first-order chi connectivity index (χ1) is 7.22. The van der Waals surface area contributed by atoms with Crippen LogP contribution in [-0.4, -0.2) is 19.1 Å². The molecule has 0 saturated carbocycles. The first-order valence-corrected chi connectivity index (χ1v) is 5.18. The molecule has 0 aliphatic carbocycles. The number of benzene rings is 1. The number of hydrogen-bond donors (Lipinski definition) is 1. The van der Waals surface area contributed by atoms with Crippen molar-refractivity contribution in [1.82, 2.24) is 5.32 Å². The summed E-state index contributed by atoms with van der Waals surface area (Å²) in [5.41, 5.74) is 2.30. The zero-order chi connectivity index (χ0) is 10.8. The summed E-state index contributed by atoms with van der Waals surface area (Å²) in [5.74, 6) is -0.166. The highest BCUT2D eigenvalue weighted by Gasteiger charge is 2.27. The highest BCUT2D eigenvalue weighted by molar-refractivity contribution is 5.77. The lowest BCUT2D eigenvalue weighted by Crippen LogP contribution is -2.36. The predicted molar refractivity (Wildman–Crippen MR) is 57.5 cm³/mol. The van der Waals surface area contributed by atoms with Crippen LogP contribution in [0.2, 0.25) is 0 Å². The van der Waals surface area contributed by atoms with Crippen LogP contribution in [0.25, 0.3) is 0 Å². The van der Waals surface area contributed by atoms with Gasteiger partial charge in [-0.2, -0.15) is 0 Å². The highest BCUT2D eigenvalue weighted by atomic mass is 16.5. The second-order valence-corrected chi connectivity index (χ2v) is 3.82. The maximum Gasteiger partial charge on any atom is 0.324 e. The molecule has 0 aromatic heterocycles. The Morgan fingerprint density at radius 1 is 1.40 bits per heavy atom. The molecular formula is C12H15NO2. The van der Waals surface area contributed by atoms with Gasteiger partial charge in [0.05, 0.1) is 0 Å². The van der Waals surface area contributed by atoms with E-state index in [9.17, 15) is 4.79 Å². The fourth-order valence-corrected chi connectivity index (χ4v) is 1.96. The molecule has 15 heavy (non-hydrogen) atoms. The molecule has 1 aromatic rings.